The summed E-state index contributed by atoms with van der Waals surface area (Å²) in [5.74, 6) is 3.31. The maximum atomic E-state index is 12.6. The van der Waals surface area contributed by atoms with Crippen molar-refractivity contribution in [3.05, 3.63) is 11.3 Å². The van der Waals surface area contributed by atoms with Crippen molar-refractivity contribution in [2.45, 2.75) is 142 Å². The van der Waals surface area contributed by atoms with Gasteiger partial charge in [-0.05, 0) is 80.7 Å². The van der Waals surface area contributed by atoms with Crippen LogP contribution >= 0.6 is 0 Å². The Kier molecular flexibility index (Phi) is 15.6. The van der Waals surface area contributed by atoms with Crippen molar-refractivity contribution < 1.29 is 9.59 Å². The van der Waals surface area contributed by atoms with E-state index in [1.54, 1.807) is 0 Å². The van der Waals surface area contributed by atoms with Gasteiger partial charge in [0.25, 0.3) is 0 Å². The zero-order valence-electron chi connectivity index (χ0n) is 27.2. The molecule has 0 radical (unpaired) electrons. The van der Waals surface area contributed by atoms with Gasteiger partial charge in [-0.2, -0.15) is 0 Å². The van der Waals surface area contributed by atoms with Crippen LogP contribution in [-0.2, 0) is 9.59 Å². The molecule has 0 spiro atoms. The molecule has 0 heterocycles. The lowest BCUT2D eigenvalue weighted by molar-refractivity contribution is -0.126. The number of carbonyl (C=O) groups is 2. The number of allylic oxidation sites excluding steroid dienone is 1. The number of hydrogen-bond donors (Lipinski definition) is 3. The Balaban J connectivity index is 0.000000575. The molecule has 0 aromatic carbocycles. The van der Waals surface area contributed by atoms with E-state index in [1.807, 2.05) is 7.05 Å². The second-order valence-electron chi connectivity index (χ2n) is 13.7. The van der Waals surface area contributed by atoms with Crippen LogP contribution in [0.1, 0.15) is 136 Å². The van der Waals surface area contributed by atoms with Crippen LogP contribution in [0, 0.1) is 23.7 Å². The van der Waals surface area contributed by atoms with Crippen molar-refractivity contribution in [1.29, 1.82) is 0 Å². The van der Waals surface area contributed by atoms with Crippen LogP contribution in [0.2, 0.25) is 0 Å². The van der Waals surface area contributed by atoms with Crippen LogP contribution in [0.15, 0.2) is 11.3 Å². The van der Waals surface area contributed by atoms with Crippen molar-refractivity contribution in [1.82, 2.24) is 20.9 Å². The summed E-state index contributed by atoms with van der Waals surface area (Å²) in [6.45, 7) is 8.95. The molecule has 4 fully saturated rings. The first-order chi connectivity index (χ1) is 19.9. The van der Waals surface area contributed by atoms with E-state index in [9.17, 15) is 9.59 Å². The minimum atomic E-state index is -0.0778. The molecular weight excluding hydrogens is 508 g/mol. The van der Waals surface area contributed by atoms with Crippen LogP contribution in [-0.4, -0.2) is 56.0 Å². The molecule has 3 unspecified atom stereocenters. The average Bonchev–Trinajstić information content (AvgIpc) is 3.89. The molecule has 0 aromatic rings. The molecule has 6 nitrogen and oxygen atoms in total. The summed E-state index contributed by atoms with van der Waals surface area (Å²) in [5, 5.41) is 9.56. The number of nitrogens with one attached hydrogen (secondary N) is 3. The maximum absolute atomic E-state index is 12.6. The van der Waals surface area contributed by atoms with E-state index >= 15 is 0 Å². The highest BCUT2D eigenvalue weighted by molar-refractivity contribution is 5.85. The highest BCUT2D eigenvalue weighted by Gasteiger charge is 2.38. The standard InChI is InChI=1S/C28H50N4O2.C7H14/c1-4-9-21-10-6-7-11-22(21)12-8-18-29-25(33)19-31-26(34)20-32(3)28(24-15-16-24)27(23-13-14-23)30-17-5-2;1-7-5-3-2-4-6-7/h21-23,27,30H,4-20H2,1-3H3,(H,29,33)(H,31,34);7H,2-6H2,1H3. The number of nitrogens with zero attached hydrogens (tertiary/aromatic N) is 1. The van der Waals surface area contributed by atoms with Crippen LogP contribution in [0.25, 0.3) is 0 Å². The minimum absolute atomic E-state index is 0.0700. The molecule has 236 valence electrons. The fourth-order valence-electron chi connectivity index (χ4n) is 7.17. The molecule has 41 heavy (non-hydrogen) atoms. The van der Waals surface area contributed by atoms with E-state index in [1.165, 1.54) is 101 Å². The normalized spacial score (nSPS) is 23.2. The van der Waals surface area contributed by atoms with Crippen molar-refractivity contribution >= 4 is 11.8 Å². The molecule has 0 saturated heterocycles. The largest absolute Gasteiger partial charge is 0.367 e. The van der Waals surface area contributed by atoms with Gasteiger partial charge in [-0.1, -0.05) is 91.4 Å². The van der Waals surface area contributed by atoms with Gasteiger partial charge in [0.1, 0.15) is 0 Å². The third-order valence-corrected chi connectivity index (χ3v) is 9.80. The van der Waals surface area contributed by atoms with Gasteiger partial charge >= 0.3 is 0 Å². The summed E-state index contributed by atoms with van der Waals surface area (Å²) in [7, 11) is 2.03. The lowest BCUT2D eigenvalue weighted by atomic mass is 9.75. The predicted octanol–water partition coefficient (Wildman–Crippen LogP) is 6.95. The second-order valence-corrected chi connectivity index (χ2v) is 13.7. The molecule has 0 bridgehead atoms. The molecule has 4 saturated carbocycles. The van der Waals surface area contributed by atoms with Gasteiger partial charge in [-0.15, -0.1) is 0 Å². The summed E-state index contributed by atoms with van der Waals surface area (Å²) >= 11 is 0. The molecule has 2 amide bonds. The lowest BCUT2D eigenvalue weighted by Crippen LogP contribution is -2.45. The second kappa shape index (κ2) is 18.9. The number of carbonyl (C=O) groups excluding carboxylic acids is 2. The summed E-state index contributed by atoms with van der Waals surface area (Å²) in [6, 6.07) is 0.375. The number of likely N-dealkylation sites (N-methyl/N-ethyl adjacent to an activating group) is 1. The molecule has 0 aliphatic heterocycles. The van der Waals surface area contributed by atoms with Gasteiger partial charge in [0.2, 0.25) is 11.8 Å². The Hall–Kier alpha value is -1.56. The number of rotatable bonds is 16. The molecule has 3 N–H and O–H groups in total. The third kappa shape index (κ3) is 13.1. The first kappa shape index (κ1) is 33.9. The minimum Gasteiger partial charge on any atom is -0.367 e. The summed E-state index contributed by atoms with van der Waals surface area (Å²) in [4.78, 5) is 27.0. The van der Waals surface area contributed by atoms with Crippen molar-refractivity contribution in [3.63, 3.8) is 0 Å². The van der Waals surface area contributed by atoms with Gasteiger partial charge in [0.15, 0.2) is 0 Å². The zero-order chi connectivity index (χ0) is 29.5. The number of amides is 2. The maximum Gasteiger partial charge on any atom is 0.239 e. The van der Waals surface area contributed by atoms with Gasteiger partial charge in [0.05, 0.1) is 13.1 Å². The van der Waals surface area contributed by atoms with Crippen molar-refractivity contribution in [2.75, 3.05) is 33.2 Å². The summed E-state index contributed by atoms with van der Waals surface area (Å²) < 4.78 is 0. The van der Waals surface area contributed by atoms with Crippen LogP contribution in [0.3, 0.4) is 0 Å². The molecule has 3 atom stereocenters. The quantitative estimate of drug-likeness (QED) is 0.175. The van der Waals surface area contributed by atoms with Gasteiger partial charge < -0.3 is 20.9 Å². The summed E-state index contributed by atoms with van der Waals surface area (Å²) in [5.41, 5.74) is 2.83. The van der Waals surface area contributed by atoms with E-state index < -0.39 is 0 Å². The van der Waals surface area contributed by atoms with E-state index in [2.05, 4.69) is 41.6 Å². The van der Waals surface area contributed by atoms with E-state index in [4.69, 9.17) is 0 Å². The van der Waals surface area contributed by atoms with E-state index in [0.717, 1.165) is 50.0 Å². The molecule has 4 aliphatic rings. The topological polar surface area (TPSA) is 73.5 Å². The smallest absolute Gasteiger partial charge is 0.239 e. The highest BCUT2D eigenvalue weighted by atomic mass is 16.2. The zero-order valence-corrected chi connectivity index (χ0v) is 27.2. The Morgan fingerprint density at radius 1 is 0.805 bits per heavy atom. The molecule has 0 aromatic heterocycles. The number of hydrogen-bond acceptors (Lipinski definition) is 4. The fraction of sp³-hybridized carbons (Fsp3) is 0.886. The molecule has 6 heteroatoms. The molecule has 4 aliphatic carbocycles. The summed E-state index contributed by atoms with van der Waals surface area (Å²) in [6.07, 6.45) is 23.8. The first-order valence-corrected chi connectivity index (χ1v) is 17.6. The van der Waals surface area contributed by atoms with Crippen molar-refractivity contribution in [2.24, 2.45) is 23.7 Å². The van der Waals surface area contributed by atoms with Gasteiger partial charge in [-0.3, -0.25) is 9.59 Å². The molecular formula is C35H64N4O2. The van der Waals surface area contributed by atoms with E-state index in [0.29, 0.717) is 25.0 Å². The third-order valence-electron chi connectivity index (χ3n) is 9.80. The van der Waals surface area contributed by atoms with Crippen LogP contribution < -0.4 is 16.0 Å². The van der Waals surface area contributed by atoms with Crippen molar-refractivity contribution in [3.8, 4) is 0 Å². The first-order valence-electron chi connectivity index (χ1n) is 17.6. The van der Waals surface area contributed by atoms with Gasteiger partial charge in [0, 0.05) is 25.3 Å². The van der Waals surface area contributed by atoms with E-state index in [-0.39, 0.29) is 18.4 Å². The lowest BCUT2D eigenvalue weighted by Gasteiger charge is -2.31. The highest BCUT2D eigenvalue weighted by Crippen LogP contribution is 2.42. The Labute approximate surface area is 252 Å². The monoisotopic (exact) mass is 573 g/mol. The van der Waals surface area contributed by atoms with Crippen LogP contribution in [0.5, 0.6) is 0 Å². The molecule has 4 rings (SSSR count). The fourth-order valence-corrected chi connectivity index (χ4v) is 7.17. The predicted molar refractivity (Wildman–Crippen MR) is 172 cm³/mol. The Bertz CT molecular complexity index is 794. The Morgan fingerprint density at radius 3 is 2.02 bits per heavy atom. The van der Waals surface area contributed by atoms with Crippen LogP contribution in [0.4, 0.5) is 0 Å². The average molecular weight is 573 g/mol. The Morgan fingerprint density at radius 2 is 1.46 bits per heavy atom. The van der Waals surface area contributed by atoms with Gasteiger partial charge in [-0.25, -0.2) is 0 Å². The SMILES string of the molecule is CC1CCCCC1.CCCNC(C(=C1CC1)N(C)CC(=O)NCC(=O)NCCCC1CCCCC1CCC)C1CC1.